The van der Waals surface area contributed by atoms with Crippen molar-refractivity contribution >= 4 is 23.5 Å². The molecule has 0 spiro atoms. The van der Waals surface area contributed by atoms with Crippen molar-refractivity contribution in [3.8, 4) is 0 Å². The van der Waals surface area contributed by atoms with Gasteiger partial charge in [0.2, 0.25) is 5.91 Å². The molecule has 1 rings (SSSR count). The summed E-state index contributed by atoms with van der Waals surface area (Å²) in [6.45, 7) is 1.49. The summed E-state index contributed by atoms with van der Waals surface area (Å²) in [5.41, 5.74) is 0.882. The van der Waals surface area contributed by atoms with Crippen LogP contribution in [0.2, 0.25) is 5.02 Å². The molecule has 0 aromatic heterocycles. The Morgan fingerprint density at radius 2 is 1.94 bits per heavy atom. The van der Waals surface area contributed by atoms with Gasteiger partial charge >= 0.3 is 5.97 Å². The molecule has 4 nitrogen and oxygen atoms in total. The Labute approximate surface area is 105 Å². The average molecular weight is 256 g/mol. The minimum Gasteiger partial charge on any atom is -0.481 e. The Kier molecular flexibility index (Phi) is 4.97. The molecule has 0 unspecified atom stereocenters. The molecule has 1 amide bonds. The summed E-state index contributed by atoms with van der Waals surface area (Å²) in [6.07, 6.45) is 0.368. The fourth-order valence-corrected chi connectivity index (χ4v) is 1.54. The van der Waals surface area contributed by atoms with E-state index in [1.807, 2.05) is 0 Å². The number of hydrogen-bond acceptors (Lipinski definition) is 2. The zero-order chi connectivity index (χ0) is 12.8. The van der Waals surface area contributed by atoms with Crippen molar-refractivity contribution in [1.29, 1.82) is 0 Å². The number of carbonyl (C=O) groups excluding carboxylic acids is 1. The summed E-state index contributed by atoms with van der Waals surface area (Å²) in [5, 5.41) is 12.2. The summed E-state index contributed by atoms with van der Waals surface area (Å²) in [6, 6.07) is 7.00. The molecular formula is C12H14ClNO3. The van der Waals surface area contributed by atoms with Crippen molar-refractivity contribution in [3.63, 3.8) is 0 Å². The van der Waals surface area contributed by atoms with Gasteiger partial charge in [-0.15, -0.1) is 0 Å². The Morgan fingerprint density at radius 3 is 2.41 bits per heavy atom. The van der Waals surface area contributed by atoms with Crippen molar-refractivity contribution in [3.05, 3.63) is 34.9 Å². The Morgan fingerprint density at radius 1 is 1.35 bits per heavy atom. The standard InChI is InChI=1S/C12H14ClNO3/c1-8(15)14-7-10(12(16)17)6-9-2-4-11(13)5-3-9/h2-5,10H,6-7H2,1H3,(H,14,15)(H,16,17)/t10-/m1/s1. The van der Waals surface area contributed by atoms with Crippen LogP contribution in [-0.4, -0.2) is 23.5 Å². The van der Waals surface area contributed by atoms with E-state index >= 15 is 0 Å². The fraction of sp³-hybridized carbons (Fsp3) is 0.333. The number of halogens is 1. The lowest BCUT2D eigenvalue weighted by atomic mass is 9.99. The third-order valence-corrected chi connectivity index (χ3v) is 2.59. The quantitative estimate of drug-likeness (QED) is 0.842. The number of carboxylic acid groups (broad SMARTS) is 1. The van der Waals surface area contributed by atoms with Gasteiger partial charge in [-0.2, -0.15) is 0 Å². The van der Waals surface area contributed by atoms with Crippen LogP contribution in [0.1, 0.15) is 12.5 Å². The third kappa shape index (κ3) is 4.87. The second kappa shape index (κ2) is 6.25. The lowest BCUT2D eigenvalue weighted by molar-refractivity contribution is -0.141. The number of rotatable bonds is 5. The Hall–Kier alpha value is -1.55. The molecule has 17 heavy (non-hydrogen) atoms. The number of nitrogens with one attached hydrogen (secondary N) is 1. The van der Waals surface area contributed by atoms with Gasteiger partial charge in [0.15, 0.2) is 0 Å². The maximum Gasteiger partial charge on any atom is 0.308 e. The fourth-order valence-electron chi connectivity index (χ4n) is 1.42. The van der Waals surface area contributed by atoms with Gasteiger partial charge in [0, 0.05) is 18.5 Å². The molecule has 2 N–H and O–H groups in total. The molecule has 0 aliphatic heterocycles. The highest BCUT2D eigenvalue weighted by molar-refractivity contribution is 6.30. The molecule has 1 aromatic carbocycles. The molecule has 0 radical (unpaired) electrons. The molecule has 0 aliphatic carbocycles. The van der Waals surface area contributed by atoms with Crippen LogP contribution >= 0.6 is 11.6 Å². The molecule has 92 valence electrons. The van der Waals surface area contributed by atoms with Crippen molar-refractivity contribution in [1.82, 2.24) is 5.32 Å². The molecule has 0 saturated heterocycles. The van der Waals surface area contributed by atoms with E-state index in [4.69, 9.17) is 16.7 Å². The minimum atomic E-state index is -0.922. The molecule has 1 aromatic rings. The predicted molar refractivity (Wildman–Crippen MR) is 65.0 cm³/mol. The van der Waals surface area contributed by atoms with Crippen LogP contribution in [0.15, 0.2) is 24.3 Å². The van der Waals surface area contributed by atoms with Gasteiger partial charge in [-0.3, -0.25) is 9.59 Å². The molecule has 0 fully saturated rings. The first kappa shape index (κ1) is 13.5. The van der Waals surface area contributed by atoms with E-state index in [9.17, 15) is 9.59 Å². The molecule has 0 saturated carbocycles. The molecular weight excluding hydrogens is 242 g/mol. The van der Waals surface area contributed by atoms with Gasteiger partial charge in [0.25, 0.3) is 0 Å². The number of carboxylic acids is 1. The van der Waals surface area contributed by atoms with Gasteiger partial charge in [-0.25, -0.2) is 0 Å². The van der Waals surface area contributed by atoms with Gasteiger partial charge in [-0.1, -0.05) is 23.7 Å². The molecule has 5 heteroatoms. The highest BCUT2D eigenvalue weighted by Gasteiger charge is 2.18. The van der Waals surface area contributed by atoms with Crippen LogP contribution in [0, 0.1) is 5.92 Å². The Balaban J connectivity index is 2.63. The van der Waals surface area contributed by atoms with Crippen LogP contribution in [-0.2, 0) is 16.0 Å². The van der Waals surface area contributed by atoms with Crippen LogP contribution in [0.3, 0.4) is 0 Å². The van der Waals surface area contributed by atoms with E-state index < -0.39 is 11.9 Å². The third-order valence-electron chi connectivity index (χ3n) is 2.34. The van der Waals surface area contributed by atoms with Gasteiger partial charge < -0.3 is 10.4 Å². The maximum absolute atomic E-state index is 11.0. The van der Waals surface area contributed by atoms with Crippen molar-refractivity contribution < 1.29 is 14.7 Å². The molecule has 0 heterocycles. The van der Waals surface area contributed by atoms with Gasteiger partial charge in [-0.05, 0) is 24.1 Å². The zero-order valence-electron chi connectivity index (χ0n) is 9.44. The number of benzene rings is 1. The summed E-state index contributed by atoms with van der Waals surface area (Å²) >= 11 is 5.74. The maximum atomic E-state index is 11.0. The summed E-state index contributed by atoms with van der Waals surface area (Å²) in [5.74, 6) is -1.78. The number of carbonyl (C=O) groups is 2. The first-order valence-electron chi connectivity index (χ1n) is 5.20. The monoisotopic (exact) mass is 255 g/mol. The predicted octanol–water partition coefficient (Wildman–Crippen LogP) is 1.72. The number of amides is 1. The number of hydrogen-bond donors (Lipinski definition) is 2. The van der Waals surface area contributed by atoms with Gasteiger partial charge in [0.05, 0.1) is 5.92 Å². The van der Waals surface area contributed by atoms with Crippen LogP contribution in [0.25, 0.3) is 0 Å². The Bertz CT molecular complexity index is 403. The smallest absolute Gasteiger partial charge is 0.308 e. The molecule has 0 bridgehead atoms. The van der Waals surface area contributed by atoms with Crippen molar-refractivity contribution in [2.24, 2.45) is 5.92 Å². The van der Waals surface area contributed by atoms with Crippen molar-refractivity contribution in [2.45, 2.75) is 13.3 Å². The summed E-state index contributed by atoms with van der Waals surface area (Å²) in [4.78, 5) is 21.8. The van der Waals surface area contributed by atoms with Crippen LogP contribution in [0.5, 0.6) is 0 Å². The SMILES string of the molecule is CC(=O)NC[C@@H](Cc1ccc(Cl)cc1)C(=O)O. The lowest BCUT2D eigenvalue weighted by Crippen LogP contribution is -2.32. The van der Waals surface area contributed by atoms with Crippen LogP contribution < -0.4 is 5.32 Å². The lowest BCUT2D eigenvalue weighted by Gasteiger charge is -2.12. The second-order valence-electron chi connectivity index (χ2n) is 3.80. The highest BCUT2D eigenvalue weighted by atomic mass is 35.5. The first-order chi connectivity index (χ1) is 7.99. The van der Waals surface area contributed by atoms with E-state index in [2.05, 4.69) is 5.32 Å². The number of aliphatic carboxylic acids is 1. The van der Waals surface area contributed by atoms with Crippen LogP contribution in [0.4, 0.5) is 0 Å². The summed E-state index contributed by atoms with van der Waals surface area (Å²) < 4.78 is 0. The minimum absolute atomic E-state index is 0.132. The zero-order valence-corrected chi connectivity index (χ0v) is 10.2. The van der Waals surface area contributed by atoms with E-state index in [-0.39, 0.29) is 12.5 Å². The van der Waals surface area contributed by atoms with Gasteiger partial charge in [0.1, 0.15) is 0 Å². The largest absolute Gasteiger partial charge is 0.481 e. The van der Waals surface area contributed by atoms with Crippen molar-refractivity contribution in [2.75, 3.05) is 6.54 Å². The highest BCUT2D eigenvalue weighted by Crippen LogP contribution is 2.13. The average Bonchev–Trinajstić information content (AvgIpc) is 2.26. The van der Waals surface area contributed by atoms with E-state index in [1.54, 1.807) is 24.3 Å². The van der Waals surface area contributed by atoms with E-state index in [0.29, 0.717) is 11.4 Å². The second-order valence-corrected chi connectivity index (χ2v) is 4.24. The topological polar surface area (TPSA) is 66.4 Å². The molecule has 0 aliphatic rings. The van der Waals surface area contributed by atoms with E-state index in [0.717, 1.165) is 5.56 Å². The normalized spacial score (nSPS) is 11.9. The van der Waals surface area contributed by atoms with E-state index in [1.165, 1.54) is 6.92 Å². The molecule has 1 atom stereocenters. The summed E-state index contributed by atoms with van der Waals surface area (Å²) in [7, 11) is 0. The first-order valence-corrected chi connectivity index (χ1v) is 5.58.